The molecule has 0 aromatic heterocycles. The van der Waals surface area contributed by atoms with E-state index in [-0.39, 0.29) is 11.5 Å². The number of methoxy groups -OCH3 is 2. The third kappa shape index (κ3) is 6.62. The van der Waals surface area contributed by atoms with Gasteiger partial charge in [0.2, 0.25) is 0 Å². The standard InChI is InChI=1S/C23H27ClN2O6/c1-13(2)21(26-22(28)15-9-16(30-4)11-17(10-15)31-5)23(29)32-12-20(27)25-19-8-6-7-18(24)14(19)3/h6-11,13,21H,12H2,1-5H3,(H,25,27)(H,26,28)/t21-/m0/s1. The summed E-state index contributed by atoms with van der Waals surface area (Å²) in [4.78, 5) is 37.5. The van der Waals surface area contributed by atoms with Crippen molar-refractivity contribution in [1.29, 1.82) is 0 Å². The number of hydrogen-bond donors (Lipinski definition) is 2. The molecule has 0 saturated heterocycles. The van der Waals surface area contributed by atoms with Crippen LogP contribution in [0.3, 0.4) is 0 Å². The van der Waals surface area contributed by atoms with E-state index in [0.717, 1.165) is 0 Å². The Balaban J connectivity index is 2.02. The molecule has 0 radical (unpaired) electrons. The number of rotatable bonds is 9. The summed E-state index contributed by atoms with van der Waals surface area (Å²) < 4.78 is 15.5. The summed E-state index contributed by atoms with van der Waals surface area (Å²) in [6, 6.07) is 8.84. The number of amides is 2. The maximum atomic E-state index is 12.7. The van der Waals surface area contributed by atoms with E-state index in [4.69, 9.17) is 25.8 Å². The van der Waals surface area contributed by atoms with Crippen LogP contribution in [0.1, 0.15) is 29.8 Å². The van der Waals surface area contributed by atoms with Crippen molar-refractivity contribution in [2.24, 2.45) is 5.92 Å². The minimum atomic E-state index is -0.958. The van der Waals surface area contributed by atoms with Crippen molar-refractivity contribution in [3.05, 3.63) is 52.5 Å². The lowest BCUT2D eigenvalue weighted by Gasteiger charge is -2.21. The molecule has 1 atom stereocenters. The number of nitrogens with one attached hydrogen (secondary N) is 2. The van der Waals surface area contributed by atoms with Gasteiger partial charge in [0.05, 0.1) is 14.2 Å². The van der Waals surface area contributed by atoms with E-state index in [9.17, 15) is 14.4 Å². The van der Waals surface area contributed by atoms with E-state index in [1.165, 1.54) is 26.4 Å². The molecule has 0 saturated carbocycles. The van der Waals surface area contributed by atoms with Gasteiger partial charge in [-0.25, -0.2) is 4.79 Å². The first-order valence-electron chi connectivity index (χ1n) is 9.91. The molecule has 0 aliphatic heterocycles. The maximum absolute atomic E-state index is 12.7. The highest BCUT2D eigenvalue weighted by molar-refractivity contribution is 6.31. The molecule has 172 valence electrons. The monoisotopic (exact) mass is 462 g/mol. The highest BCUT2D eigenvalue weighted by Crippen LogP contribution is 2.24. The van der Waals surface area contributed by atoms with Crippen molar-refractivity contribution in [3.8, 4) is 11.5 Å². The number of carbonyl (C=O) groups is 3. The molecule has 2 amide bonds. The Labute approximate surface area is 192 Å². The predicted octanol–water partition coefficient (Wildman–Crippen LogP) is 3.60. The largest absolute Gasteiger partial charge is 0.497 e. The van der Waals surface area contributed by atoms with Crippen molar-refractivity contribution in [2.75, 3.05) is 26.1 Å². The molecule has 0 spiro atoms. The highest BCUT2D eigenvalue weighted by atomic mass is 35.5. The first-order chi connectivity index (χ1) is 15.2. The van der Waals surface area contributed by atoms with Crippen LogP contribution in [0.25, 0.3) is 0 Å². The summed E-state index contributed by atoms with van der Waals surface area (Å²) in [7, 11) is 2.95. The van der Waals surface area contributed by atoms with E-state index < -0.39 is 30.4 Å². The van der Waals surface area contributed by atoms with Gasteiger partial charge in [-0.05, 0) is 42.7 Å². The van der Waals surface area contributed by atoms with E-state index in [2.05, 4.69) is 10.6 Å². The molecule has 9 heteroatoms. The molecule has 0 fully saturated rings. The number of hydrogen-bond acceptors (Lipinski definition) is 6. The molecule has 0 aliphatic rings. The summed E-state index contributed by atoms with van der Waals surface area (Å²) >= 11 is 6.05. The van der Waals surface area contributed by atoms with Gasteiger partial charge in [-0.3, -0.25) is 9.59 Å². The fourth-order valence-corrected chi connectivity index (χ4v) is 2.99. The number of anilines is 1. The zero-order valence-corrected chi connectivity index (χ0v) is 19.4. The Bertz CT molecular complexity index is 970. The molecule has 2 aromatic rings. The SMILES string of the molecule is COc1cc(OC)cc(C(=O)N[C@H](C(=O)OCC(=O)Nc2cccc(Cl)c2C)C(C)C)c1. The number of halogens is 1. The highest BCUT2D eigenvalue weighted by Gasteiger charge is 2.27. The molecule has 0 heterocycles. The lowest BCUT2D eigenvalue weighted by atomic mass is 10.0. The second kappa shape index (κ2) is 11.4. The quantitative estimate of drug-likeness (QED) is 0.552. The Morgan fingerprint density at radius 2 is 1.66 bits per heavy atom. The van der Waals surface area contributed by atoms with E-state index >= 15 is 0 Å². The summed E-state index contributed by atoms with van der Waals surface area (Å²) in [6.45, 7) is 4.78. The van der Waals surface area contributed by atoms with Crippen molar-refractivity contribution < 1.29 is 28.6 Å². The summed E-state index contributed by atoms with van der Waals surface area (Å²) in [5.74, 6) is -1.15. The van der Waals surface area contributed by atoms with Crippen molar-refractivity contribution in [3.63, 3.8) is 0 Å². The van der Waals surface area contributed by atoms with Crippen molar-refractivity contribution >= 4 is 35.1 Å². The van der Waals surface area contributed by atoms with Crippen LogP contribution < -0.4 is 20.1 Å². The van der Waals surface area contributed by atoms with E-state index in [0.29, 0.717) is 27.8 Å². The topological polar surface area (TPSA) is 103 Å². The average Bonchev–Trinajstić information content (AvgIpc) is 2.78. The fourth-order valence-electron chi connectivity index (χ4n) is 2.82. The molecule has 8 nitrogen and oxygen atoms in total. The number of carbonyl (C=O) groups excluding carboxylic acids is 3. The normalized spacial score (nSPS) is 11.5. The number of benzene rings is 2. The summed E-state index contributed by atoms with van der Waals surface area (Å²) in [6.07, 6.45) is 0. The van der Waals surface area contributed by atoms with Crippen molar-refractivity contribution in [1.82, 2.24) is 5.32 Å². The first kappa shape index (κ1) is 25.0. The Hall–Kier alpha value is -3.26. The van der Waals surface area contributed by atoms with Gasteiger partial charge in [0, 0.05) is 22.3 Å². The van der Waals surface area contributed by atoms with Crippen LogP contribution in [-0.4, -0.2) is 44.7 Å². The van der Waals surface area contributed by atoms with Gasteiger partial charge in [0.15, 0.2) is 6.61 Å². The third-order valence-electron chi connectivity index (χ3n) is 4.71. The van der Waals surface area contributed by atoms with Crippen molar-refractivity contribution in [2.45, 2.75) is 26.8 Å². The maximum Gasteiger partial charge on any atom is 0.329 e. The Morgan fingerprint density at radius 1 is 1.03 bits per heavy atom. The summed E-state index contributed by atoms with van der Waals surface area (Å²) in [5, 5.41) is 5.81. The van der Waals surface area contributed by atoms with Crippen LogP contribution in [0.2, 0.25) is 5.02 Å². The number of ether oxygens (including phenoxy) is 3. The first-order valence-corrected chi connectivity index (χ1v) is 10.3. The molecule has 2 aromatic carbocycles. The summed E-state index contributed by atoms with van der Waals surface area (Å²) in [5.41, 5.74) is 1.49. The minimum Gasteiger partial charge on any atom is -0.497 e. The van der Waals surface area contributed by atoms with E-state index in [1.54, 1.807) is 45.0 Å². The molecule has 0 aliphatic carbocycles. The molecular weight excluding hydrogens is 436 g/mol. The van der Waals surface area contributed by atoms with Crippen LogP contribution in [0, 0.1) is 12.8 Å². The zero-order valence-electron chi connectivity index (χ0n) is 18.7. The molecule has 2 N–H and O–H groups in total. The van der Waals surface area contributed by atoms with Crippen LogP contribution in [0.5, 0.6) is 11.5 Å². The lowest BCUT2D eigenvalue weighted by molar-refractivity contribution is -0.150. The van der Waals surface area contributed by atoms with Gasteiger partial charge in [-0.1, -0.05) is 31.5 Å². The van der Waals surface area contributed by atoms with Crippen LogP contribution in [0.15, 0.2) is 36.4 Å². The molecule has 0 unspecified atom stereocenters. The smallest absolute Gasteiger partial charge is 0.329 e. The predicted molar refractivity (Wildman–Crippen MR) is 121 cm³/mol. The molecule has 32 heavy (non-hydrogen) atoms. The van der Waals surface area contributed by atoms with Gasteiger partial charge < -0.3 is 24.8 Å². The fraction of sp³-hybridized carbons (Fsp3) is 0.348. The van der Waals surface area contributed by atoms with Crippen LogP contribution in [-0.2, 0) is 14.3 Å². The lowest BCUT2D eigenvalue weighted by Crippen LogP contribution is -2.46. The van der Waals surface area contributed by atoms with E-state index in [1.807, 2.05) is 0 Å². The number of esters is 1. The second-order valence-corrected chi connectivity index (χ2v) is 7.77. The van der Waals surface area contributed by atoms with Gasteiger partial charge in [-0.15, -0.1) is 0 Å². The molecular formula is C23H27ClN2O6. The Kier molecular flexibility index (Phi) is 8.90. The minimum absolute atomic E-state index is 0.258. The van der Waals surface area contributed by atoms with Gasteiger partial charge >= 0.3 is 5.97 Å². The average molecular weight is 463 g/mol. The Morgan fingerprint density at radius 3 is 2.22 bits per heavy atom. The second-order valence-electron chi connectivity index (χ2n) is 7.36. The molecule has 2 rings (SSSR count). The van der Waals surface area contributed by atoms with Crippen LogP contribution >= 0.6 is 11.6 Å². The van der Waals surface area contributed by atoms with Gasteiger partial charge in [-0.2, -0.15) is 0 Å². The van der Waals surface area contributed by atoms with Gasteiger partial charge in [0.25, 0.3) is 11.8 Å². The third-order valence-corrected chi connectivity index (χ3v) is 5.12. The zero-order chi connectivity index (χ0) is 23.8. The van der Waals surface area contributed by atoms with Crippen LogP contribution in [0.4, 0.5) is 5.69 Å². The molecule has 0 bridgehead atoms. The van der Waals surface area contributed by atoms with Gasteiger partial charge in [0.1, 0.15) is 17.5 Å².